The van der Waals surface area contributed by atoms with Gasteiger partial charge in [-0.25, -0.2) is 8.42 Å². The van der Waals surface area contributed by atoms with Crippen molar-refractivity contribution in [1.82, 2.24) is 9.62 Å². The fourth-order valence-electron chi connectivity index (χ4n) is 3.65. The first kappa shape index (κ1) is 23.1. The SMILES string of the molecule is COc1ccc([C@@H](C)NC(=O)c2cc(S(=O)(=O)N3CCC(C)CC3)ccc2OC)cc1. The number of nitrogens with zero attached hydrogens (tertiary/aromatic N) is 1. The molecule has 0 unspecified atom stereocenters. The number of methoxy groups -OCH3 is 2. The first-order valence-electron chi connectivity index (χ1n) is 10.4. The Kier molecular flexibility index (Phi) is 7.23. The van der Waals surface area contributed by atoms with Gasteiger partial charge in [0.1, 0.15) is 11.5 Å². The van der Waals surface area contributed by atoms with Gasteiger partial charge in [-0.3, -0.25) is 4.79 Å². The maximum absolute atomic E-state index is 13.1. The lowest BCUT2D eigenvalue weighted by Crippen LogP contribution is -2.38. The van der Waals surface area contributed by atoms with Gasteiger partial charge in [0.15, 0.2) is 0 Å². The molecule has 0 aliphatic carbocycles. The quantitative estimate of drug-likeness (QED) is 0.702. The third-order valence-electron chi connectivity index (χ3n) is 5.76. The van der Waals surface area contributed by atoms with E-state index in [1.165, 1.54) is 29.6 Å². The Bertz CT molecular complexity index is 1010. The van der Waals surface area contributed by atoms with Crippen molar-refractivity contribution in [2.24, 2.45) is 5.92 Å². The van der Waals surface area contributed by atoms with Crippen LogP contribution in [0.5, 0.6) is 11.5 Å². The largest absolute Gasteiger partial charge is 0.497 e. The second-order valence-corrected chi connectivity index (χ2v) is 9.85. The number of ether oxygens (including phenoxy) is 2. The highest BCUT2D eigenvalue weighted by Crippen LogP contribution is 2.28. The molecule has 1 atom stereocenters. The van der Waals surface area contributed by atoms with Gasteiger partial charge in [0.05, 0.1) is 30.7 Å². The van der Waals surface area contributed by atoms with E-state index >= 15 is 0 Å². The molecular formula is C23H30N2O5S. The van der Waals surface area contributed by atoms with Gasteiger partial charge in [-0.05, 0) is 61.6 Å². The van der Waals surface area contributed by atoms with Crippen molar-refractivity contribution in [2.45, 2.75) is 37.6 Å². The van der Waals surface area contributed by atoms with Gasteiger partial charge < -0.3 is 14.8 Å². The number of amides is 1. The predicted molar refractivity (Wildman–Crippen MR) is 119 cm³/mol. The second-order valence-electron chi connectivity index (χ2n) is 7.92. The Morgan fingerprint density at radius 1 is 1.06 bits per heavy atom. The van der Waals surface area contributed by atoms with Crippen molar-refractivity contribution >= 4 is 15.9 Å². The summed E-state index contributed by atoms with van der Waals surface area (Å²) in [5.74, 6) is 1.17. The lowest BCUT2D eigenvalue weighted by Gasteiger charge is -2.29. The van der Waals surface area contributed by atoms with E-state index in [0.29, 0.717) is 24.8 Å². The van der Waals surface area contributed by atoms with E-state index in [1.54, 1.807) is 7.11 Å². The molecule has 0 radical (unpaired) electrons. The van der Waals surface area contributed by atoms with Crippen molar-refractivity contribution in [3.8, 4) is 11.5 Å². The third-order valence-corrected chi connectivity index (χ3v) is 7.65. The number of hydrogen-bond acceptors (Lipinski definition) is 5. The summed E-state index contributed by atoms with van der Waals surface area (Å²) in [6.07, 6.45) is 1.67. The highest BCUT2D eigenvalue weighted by molar-refractivity contribution is 7.89. The predicted octanol–water partition coefficient (Wildman–Crippen LogP) is 3.62. The van der Waals surface area contributed by atoms with E-state index in [1.807, 2.05) is 31.2 Å². The Morgan fingerprint density at radius 3 is 2.29 bits per heavy atom. The number of piperidine rings is 1. The fraction of sp³-hybridized carbons (Fsp3) is 0.435. The molecule has 1 aliphatic rings. The number of benzene rings is 2. The average Bonchev–Trinajstić information content (AvgIpc) is 2.78. The molecule has 2 aromatic rings. The van der Waals surface area contributed by atoms with Gasteiger partial charge in [0.25, 0.3) is 5.91 Å². The number of rotatable bonds is 7. The van der Waals surface area contributed by atoms with Crippen LogP contribution in [0.1, 0.15) is 48.7 Å². The minimum absolute atomic E-state index is 0.102. The van der Waals surface area contributed by atoms with Crippen LogP contribution in [0.25, 0.3) is 0 Å². The molecule has 0 aromatic heterocycles. The first-order chi connectivity index (χ1) is 14.8. The number of carbonyl (C=O) groups is 1. The molecule has 1 saturated heterocycles. The molecule has 31 heavy (non-hydrogen) atoms. The fourth-order valence-corrected chi connectivity index (χ4v) is 5.15. The maximum Gasteiger partial charge on any atom is 0.255 e. The van der Waals surface area contributed by atoms with E-state index in [2.05, 4.69) is 12.2 Å². The average molecular weight is 447 g/mol. The zero-order valence-electron chi connectivity index (χ0n) is 18.4. The molecule has 1 amide bonds. The van der Waals surface area contributed by atoms with Crippen molar-refractivity contribution in [1.29, 1.82) is 0 Å². The van der Waals surface area contributed by atoms with Crippen LogP contribution in [0.4, 0.5) is 0 Å². The minimum atomic E-state index is -3.67. The van der Waals surface area contributed by atoms with Crippen LogP contribution in [-0.2, 0) is 10.0 Å². The van der Waals surface area contributed by atoms with Crippen LogP contribution < -0.4 is 14.8 Å². The number of hydrogen-bond donors (Lipinski definition) is 1. The van der Waals surface area contributed by atoms with Crippen LogP contribution in [-0.4, -0.2) is 45.9 Å². The Labute approximate surface area is 184 Å². The summed E-state index contributed by atoms with van der Waals surface area (Å²) in [4.78, 5) is 13.1. The molecule has 3 rings (SSSR count). The van der Waals surface area contributed by atoms with Crippen molar-refractivity contribution in [3.05, 3.63) is 53.6 Å². The Balaban J connectivity index is 1.83. The summed E-state index contributed by atoms with van der Waals surface area (Å²) < 4.78 is 38.2. The highest BCUT2D eigenvalue weighted by atomic mass is 32.2. The summed E-state index contributed by atoms with van der Waals surface area (Å²) in [6.45, 7) is 4.97. The lowest BCUT2D eigenvalue weighted by molar-refractivity contribution is 0.0936. The lowest BCUT2D eigenvalue weighted by atomic mass is 10.0. The highest BCUT2D eigenvalue weighted by Gasteiger charge is 2.29. The number of sulfonamides is 1. The molecule has 0 saturated carbocycles. The molecule has 1 aliphatic heterocycles. The van der Waals surface area contributed by atoms with Gasteiger partial charge >= 0.3 is 0 Å². The number of carbonyl (C=O) groups excluding carboxylic acids is 1. The summed E-state index contributed by atoms with van der Waals surface area (Å²) in [5, 5.41) is 2.92. The monoisotopic (exact) mass is 446 g/mol. The van der Waals surface area contributed by atoms with Crippen LogP contribution in [0.15, 0.2) is 47.4 Å². The van der Waals surface area contributed by atoms with Crippen molar-refractivity contribution in [2.75, 3.05) is 27.3 Å². The molecule has 1 N–H and O–H groups in total. The molecule has 2 aromatic carbocycles. The third kappa shape index (κ3) is 5.19. The molecular weight excluding hydrogens is 416 g/mol. The summed E-state index contributed by atoms with van der Waals surface area (Å²) in [6, 6.07) is 11.5. The number of nitrogens with one attached hydrogen (secondary N) is 1. The zero-order valence-corrected chi connectivity index (χ0v) is 19.2. The molecule has 0 bridgehead atoms. The van der Waals surface area contributed by atoms with Crippen LogP contribution in [0, 0.1) is 5.92 Å². The molecule has 1 heterocycles. The van der Waals surface area contributed by atoms with E-state index in [0.717, 1.165) is 24.2 Å². The van der Waals surface area contributed by atoms with E-state index in [-0.39, 0.29) is 16.5 Å². The summed E-state index contributed by atoms with van der Waals surface area (Å²) in [7, 11) is -0.618. The van der Waals surface area contributed by atoms with Gasteiger partial charge in [0, 0.05) is 13.1 Å². The summed E-state index contributed by atoms with van der Waals surface area (Å²) >= 11 is 0. The molecule has 7 nitrogen and oxygen atoms in total. The maximum atomic E-state index is 13.1. The Hall–Kier alpha value is -2.58. The second kappa shape index (κ2) is 9.70. The molecule has 168 valence electrons. The van der Waals surface area contributed by atoms with Crippen LogP contribution in [0.3, 0.4) is 0 Å². The van der Waals surface area contributed by atoms with Crippen LogP contribution >= 0.6 is 0 Å². The van der Waals surface area contributed by atoms with Crippen molar-refractivity contribution in [3.63, 3.8) is 0 Å². The van der Waals surface area contributed by atoms with Gasteiger partial charge in [-0.15, -0.1) is 0 Å². The standard InChI is InChI=1S/C23H30N2O5S/c1-16-11-13-25(14-12-16)31(27,28)20-9-10-22(30-4)21(15-20)23(26)24-17(2)18-5-7-19(29-3)8-6-18/h5-10,15-17H,11-14H2,1-4H3,(H,24,26)/t17-/m1/s1. The Morgan fingerprint density at radius 2 is 1.71 bits per heavy atom. The van der Waals surface area contributed by atoms with E-state index in [9.17, 15) is 13.2 Å². The van der Waals surface area contributed by atoms with Gasteiger partial charge in [-0.1, -0.05) is 19.1 Å². The van der Waals surface area contributed by atoms with E-state index < -0.39 is 15.9 Å². The van der Waals surface area contributed by atoms with E-state index in [4.69, 9.17) is 9.47 Å². The zero-order chi connectivity index (χ0) is 22.6. The topological polar surface area (TPSA) is 84.9 Å². The van der Waals surface area contributed by atoms with Crippen molar-refractivity contribution < 1.29 is 22.7 Å². The minimum Gasteiger partial charge on any atom is -0.497 e. The van der Waals surface area contributed by atoms with Gasteiger partial charge in [0.2, 0.25) is 10.0 Å². The smallest absolute Gasteiger partial charge is 0.255 e. The molecule has 0 spiro atoms. The molecule has 8 heteroatoms. The molecule has 1 fully saturated rings. The first-order valence-corrected chi connectivity index (χ1v) is 11.8. The summed E-state index contributed by atoms with van der Waals surface area (Å²) in [5.41, 5.74) is 1.09. The van der Waals surface area contributed by atoms with Gasteiger partial charge in [-0.2, -0.15) is 4.31 Å². The van der Waals surface area contributed by atoms with Crippen LogP contribution in [0.2, 0.25) is 0 Å². The normalized spacial score (nSPS) is 16.5.